The van der Waals surface area contributed by atoms with Gasteiger partial charge in [0.1, 0.15) is 0 Å². The highest BCUT2D eigenvalue weighted by Crippen LogP contribution is 2.13. The molecule has 0 radical (unpaired) electrons. The molecule has 7 heteroatoms. The number of nitrogens with zero attached hydrogens (tertiary/aromatic N) is 3. The summed E-state index contributed by atoms with van der Waals surface area (Å²) in [4.78, 5) is 10.8. The van der Waals surface area contributed by atoms with Crippen LogP contribution in [0.5, 0.6) is 5.88 Å². The molecular weight excluding hydrogens is 419 g/mol. The smallest absolute Gasteiger partial charge is 0.213 e. The minimum Gasteiger partial charge on any atom is -0.475 e. The molecule has 0 amide bonds. The highest BCUT2D eigenvalue weighted by Gasteiger charge is 2.18. The number of nitrogens with one attached hydrogen (secondary N) is 1. The lowest BCUT2D eigenvalue weighted by molar-refractivity contribution is 0.181. The van der Waals surface area contributed by atoms with Crippen molar-refractivity contribution in [3.8, 4) is 5.88 Å². The second-order valence-corrected chi connectivity index (χ2v) is 6.18. The SMILES string of the molecule is CN=C(NCc1ccc(OC(C)C)nc1)N(C)CC1CCOC1.I. The Bertz CT molecular complexity index is 502. The standard InChI is InChI=1S/C17H28N4O2.HI/c1-13(2)23-16-6-5-14(9-19-16)10-20-17(18-3)21(4)11-15-7-8-22-12-15;/h5-6,9,13,15H,7-8,10-12H2,1-4H3,(H,18,20);1H. The maximum absolute atomic E-state index is 5.55. The number of hydrogen-bond acceptors (Lipinski definition) is 4. The van der Waals surface area contributed by atoms with Crippen LogP contribution in [0, 0.1) is 5.92 Å². The second-order valence-electron chi connectivity index (χ2n) is 6.18. The van der Waals surface area contributed by atoms with Gasteiger partial charge in [0.15, 0.2) is 5.96 Å². The first-order chi connectivity index (χ1) is 11.1. The molecule has 24 heavy (non-hydrogen) atoms. The lowest BCUT2D eigenvalue weighted by Gasteiger charge is -2.24. The molecule has 2 rings (SSSR count). The first-order valence-corrected chi connectivity index (χ1v) is 8.19. The number of aliphatic imine (C=N–C) groups is 1. The maximum atomic E-state index is 5.55. The average Bonchev–Trinajstić information content (AvgIpc) is 3.02. The number of guanidine groups is 1. The van der Waals surface area contributed by atoms with Crippen LogP contribution in [0.2, 0.25) is 0 Å². The fraction of sp³-hybridized carbons (Fsp3) is 0.647. The van der Waals surface area contributed by atoms with E-state index in [1.165, 1.54) is 0 Å². The van der Waals surface area contributed by atoms with E-state index in [1.807, 2.05) is 39.2 Å². The topological polar surface area (TPSA) is 59.0 Å². The quantitative estimate of drug-likeness (QED) is 0.412. The Morgan fingerprint density at radius 3 is 2.83 bits per heavy atom. The third-order valence-electron chi connectivity index (χ3n) is 3.73. The monoisotopic (exact) mass is 448 g/mol. The van der Waals surface area contributed by atoms with Crippen LogP contribution in [-0.2, 0) is 11.3 Å². The first-order valence-electron chi connectivity index (χ1n) is 8.19. The van der Waals surface area contributed by atoms with Gasteiger partial charge in [-0.3, -0.25) is 4.99 Å². The summed E-state index contributed by atoms with van der Waals surface area (Å²) in [6.45, 7) is 7.36. The van der Waals surface area contributed by atoms with Crippen LogP contribution in [0.4, 0.5) is 0 Å². The molecule has 0 aliphatic carbocycles. The number of pyridine rings is 1. The van der Waals surface area contributed by atoms with E-state index in [0.717, 1.165) is 37.7 Å². The molecule has 1 aromatic rings. The molecule has 6 nitrogen and oxygen atoms in total. The summed E-state index contributed by atoms with van der Waals surface area (Å²) in [5.41, 5.74) is 1.10. The molecule has 1 saturated heterocycles. The van der Waals surface area contributed by atoms with Crippen LogP contribution in [0.1, 0.15) is 25.8 Å². The molecule has 0 bridgehead atoms. The number of aromatic nitrogens is 1. The molecule has 1 aliphatic rings. The Hall–Kier alpha value is -1.09. The van der Waals surface area contributed by atoms with Crippen LogP contribution in [-0.4, -0.2) is 55.8 Å². The molecule has 1 aromatic heterocycles. The highest BCUT2D eigenvalue weighted by atomic mass is 127. The van der Waals surface area contributed by atoms with Crippen molar-refractivity contribution in [1.29, 1.82) is 0 Å². The number of hydrogen-bond donors (Lipinski definition) is 1. The lowest BCUT2D eigenvalue weighted by Crippen LogP contribution is -2.41. The van der Waals surface area contributed by atoms with Gasteiger partial charge in [-0.05, 0) is 25.8 Å². The predicted molar refractivity (Wildman–Crippen MR) is 107 cm³/mol. The molecule has 0 spiro atoms. The molecule has 2 heterocycles. The minimum absolute atomic E-state index is 0. The molecule has 1 N–H and O–H groups in total. The predicted octanol–water partition coefficient (Wildman–Crippen LogP) is 2.53. The van der Waals surface area contributed by atoms with E-state index >= 15 is 0 Å². The second kappa shape index (κ2) is 10.7. The Morgan fingerprint density at radius 2 is 2.29 bits per heavy atom. The Morgan fingerprint density at radius 1 is 1.50 bits per heavy atom. The largest absolute Gasteiger partial charge is 0.475 e. The molecular formula is C17H29IN4O2. The van der Waals surface area contributed by atoms with E-state index in [4.69, 9.17) is 9.47 Å². The van der Waals surface area contributed by atoms with Gasteiger partial charge >= 0.3 is 0 Å². The molecule has 0 aromatic carbocycles. The normalized spacial score (nSPS) is 17.5. The van der Waals surface area contributed by atoms with Crippen LogP contribution < -0.4 is 10.1 Å². The summed E-state index contributed by atoms with van der Waals surface area (Å²) in [5, 5.41) is 3.37. The van der Waals surface area contributed by atoms with E-state index in [1.54, 1.807) is 0 Å². The molecule has 1 fully saturated rings. The van der Waals surface area contributed by atoms with Gasteiger partial charge in [0.25, 0.3) is 0 Å². The zero-order valence-corrected chi connectivity index (χ0v) is 17.3. The van der Waals surface area contributed by atoms with Gasteiger partial charge in [-0.2, -0.15) is 0 Å². The van der Waals surface area contributed by atoms with Gasteiger partial charge in [-0.25, -0.2) is 4.98 Å². The Balaban J connectivity index is 0.00000288. The summed E-state index contributed by atoms with van der Waals surface area (Å²) in [6, 6.07) is 3.93. The fourth-order valence-corrected chi connectivity index (χ4v) is 2.59. The van der Waals surface area contributed by atoms with E-state index in [-0.39, 0.29) is 30.1 Å². The molecule has 1 atom stereocenters. The van der Waals surface area contributed by atoms with Crippen molar-refractivity contribution < 1.29 is 9.47 Å². The van der Waals surface area contributed by atoms with E-state index in [9.17, 15) is 0 Å². The van der Waals surface area contributed by atoms with E-state index < -0.39 is 0 Å². The molecule has 1 aliphatic heterocycles. The van der Waals surface area contributed by atoms with E-state index in [0.29, 0.717) is 18.3 Å². The lowest BCUT2D eigenvalue weighted by atomic mass is 10.1. The summed E-state index contributed by atoms with van der Waals surface area (Å²) in [7, 11) is 3.87. The van der Waals surface area contributed by atoms with Crippen LogP contribution >= 0.6 is 24.0 Å². The van der Waals surface area contributed by atoms with Gasteiger partial charge in [-0.1, -0.05) is 6.07 Å². The Labute approximate surface area is 162 Å². The van der Waals surface area contributed by atoms with Gasteiger partial charge < -0.3 is 19.7 Å². The first kappa shape index (κ1) is 21.0. The summed E-state index contributed by atoms with van der Waals surface area (Å²) in [6.07, 6.45) is 3.10. The average molecular weight is 448 g/mol. The summed E-state index contributed by atoms with van der Waals surface area (Å²) >= 11 is 0. The summed E-state index contributed by atoms with van der Waals surface area (Å²) in [5.74, 6) is 2.14. The fourth-order valence-electron chi connectivity index (χ4n) is 2.59. The van der Waals surface area contributed by atoms with Crippen molar-refractivity contribution in [2.45, 2.75) is 32.9 Å². The van der Waals surface area contributed by atoms with Gasteiger partial charge in [-0.15, -0.1) is 24.0 Å². The van der Waals surface area contributed by atoms with Crippen LogP contribution in [0.3, 0.4) is 0 Å². The van der Waals surface area contributed by atoms with Gasteiger partial charge in [0.05, 0.1) is 12.7 Å². The summed E-state index contributed by atoms with van der Waals surface area (Å²) < 4.78 is 11.0. The maximum Gasteiger partial charge on any atom is 0.213 e. The van der Waals surface area contributed by atoms with Gasteiger partial charge in [0, 0.05) is 52.0 Å². The molecule has 1 unspecified atom stereocenters. The van der Waals surface area contributed by atoms with E-state index in [2.05, 4.69) is 27.2 Å². The number of ether oxygens (including phenoxy) is 2. The van der Waals surface area contributed by atoms with Crippen molar-refractivity contribution in [2.75, 3.05) is 33.9 Å². The van der Waals surface area contributed by atoms with Crippen LogP contribution in [0.15, 0.2) is 23.3 Å². The van der Waals surface area contributed by atoms with Crippen molar-refractivity contribution in [1.82, 2.24) is 15.2 Å². The number of halogens is 1. The van der Waals surface area contributed by atoms with Crippen LogP contribution in [0.25, 0.3) is 0 Å². The molecule has 0 saturated carbocycles. The zero-order chi connectivity index (χ0) is 16.7. The highest BCUT2D eigenvalue weighted by molar-refractivity contribution is 14.0. The van der Waals surface area contributed by atoms with Crippen molar-refractivity contribution in [3.05, 3.63) is 23.9 Å². The minimum atomic E-state index is 0. The van der Waals surface area contributed by atoms with Gasteiger partial charge in [0.2, 0.25) is 5.88 Å². The van der Waals surface area contributed by atoms with Crippen molar-refractivity contribution >= 4 is 29.9 Å². The molecule has 136 valence electrons. The third kappa shape index (κ3) is 6.80. The van der Waals surface area contributed by atoms with Crippen molar-refractivity contribution in [2.24, 2.45) is 10.9 Å². The Kier molecular flexibility index (Phi) is 9.35. The van der Waals surface area contributed by atoms with Crippen molar-refractivity contribution in [3.63, 3.8) is 0 Å². The third-order valence-corrected chi connectivity index (χ3v) is 3.73. The number of rotatable bonds is 6. The zero-order valence-electron chi connectivity index (χ0n) is 15.0.